The minimum absolute atomic E-state index is 0.0411. The van der Waals surface area contributed by atoms with E-state index in [4.69, 9.17) is 4.74 Å². The lowest BCUT2D eigenvalue weighted by Crippen LogP contribution is -2.26. The molecule has 0 aromatic carbocycles. The Kier molecular flexibility index (Phi) is 5.77. The van der Waals surface area contributed by atoms with Crippen LogP contribution in [0.15, 0.2) is 18.2 Å². The minimum atomic E-state index is 0.0411. The summed E-state index contributed by atoms with van der Waals surface area (Å²) >= 11 is 0. The van der Waals surface area contributed by atoms with Gasteiger partial charge in [0.25, 0.3) is 0 Å². The molecule has 1 heterocycles. The van der Waals surface area contributed by atoms with Crippen LogP contribution in [0.1, 0.15) is 27.2 Å². The molecule has 1 unspecified atom stereocenters. The molecule has 4 nitrogen and oxygen atoms in total. The van der Waals surface area contributed by atoms with Crippen LogP contribution in [0.5, 0.6) is 5.88 Å². The second-order valence-corrected chi connectivity index (χ2v) is 4.45. The fourth-order valence-electron chi connectivity index (χ4n) is 1.68. The summed E-state index contributed by atoms with van der Waals surface area (Å²) in [6, 6.07) is 5.64. The maximum Gasteiger partial charge on any atom is 0.215 e. The molecule has 1 atom stereocenters. The first-order chi connectivity index (χ1) is 8.15. The number of aromatic nitrogens is 1. The lowest BCUT2D eigenvalue weighted by atomic mass is 10.0. The van der Waals surface area contributed by atoms with E-state index in [9.17, 15) is 5.11 Å². The Morgan fingerprint density at radius 3 is 2.76 bits per heavy atom. The molecule has 0 aliphatic carbocycles. The molecule has 0 spiro atoms. The zero-order chi connectivity index (χ0) is 12.7. The van der Waals surface area contributed by atoms with Crippen molar-refractivity contribution in [2.45, 2.75) is 33.2 Å². The number of ether oxygens (including phenoxy) is 1. The van der Waals surface area contributed by atoms with Crippen molar-refractivity contribution in [1.29, 1.82) is 0 Å². The highest BCUT2D eigenvalue weighted by Crippen LogP contribution is 2.14. The summed E-state index contributed by atoms with van der Waals surface area (Å²) < 4.78 is 5.33. The molecule has 96 valence electrons. The van der Waals surface area contributed by atoms with Crippen LogP contribution in [0.25, 0.3) is 0 Å². The molecule has 1 rings (SSSR count). The number of nitrogens with one attached hydrogen (secondary N) is 1. The van der Waals surface area contributed by atoms with Crippen LogP contribution in [0.3, 0.4) is 0 Å². The molecule has 1 aromatic rings. The predicted molar refractivity (Wildman–Crippen MR) is 69.4 cm³/mol. The molecular weight excluding hydrogens is 216 g/mol. The third kappa shape index (κ3) is 5.04. The highest BCUT2D eigenvalue weighted by Gasteiger charge is 2.10. The van der Waals surface area contributed by atoms with Crippen molar-refractivity contribution >= 4 is 5.82 Å². The third-order valence-electron chi connectivity index (χ3n) is 2.34. The summed E-state index contributed by atoms with van der Waals surface area (Å²) in [7, 11) is 0. The second kappa shape index (κ2) is 7.12. The zero-order valence-electron chi connectivity index (χ0n) is 10.8. The van der Waals surface area contributed by atoms with E-state index in [0.29, 0.717) is 18.4 Å². The van der Waals surface area contributed by atoms with Gasteiger partial charge >= 0.3 is 0 Å². The van der Waals surface area contributed by atoms with Gasteiger partial charge < -0.3 is 15.2 Å². The predicted octanol–water partition coefficient (Wildman–Crippen LogP) is 2.30. The average Bonchev–Trinajstić information content (AvgIpc) is 2.28. The molecule has 0 fully saturated rings. The normalized spacial score (nSPS) is 12.5. The van der Waals surface area contributed by atoms with Crippen LogP contribution in [-0.2, 0) is 0 Å². The van der Waals surface area contributed by atoms with Crippen molar-refractivity contribution in [3.05, 3.63) is 18.2 Å². The third-order valence-corrected chi connectivity index (χ3v) is 2.34. The topological polar surface area (TPSA) is 54.4 Å². The van der Waals surface area contributed by atoms with E-state index in [-0.39, 0.29) is 12.6 Å². The maximum atomic E-state index is 9.29. The van der Waals surface area contributed by atoms with Crippen LogP contribution in [-0.4, -0.2) is 29.3 Å². The van der Waals surface area contributed by atoms with Crippen molar-refractivity contribution in [1.82, 2.24) is 4.98 Å². The highest BCUT2D eigenvalue weighted by atomic mass is 16.5. The Labute approximate surface area is 103 Å². The van der Waals surface area contributed by atoms with Gasteiger partial charge in [0.15, 0.2) is 0 Å². The number of rotatable bonds is 7. The molecule has 0 radical (unpaired) electrons. The smallest absolute Gasteiger partial charge is 0.215 e. The van der Waals surface area contributed by atoms with Crippen LogP contribution < -0.4 is 10.1 Å². The van der Waals surface area contributed by atoms with Gasteiger partial charge in [-0.15, -0.1) is 0 Å². The molecule has 0 aliphatic heterocycles. The first-order valence-corrected chi connectivity index (χ1v) is 6.13. The van der Waals surface area contributed by atoms with Gasteiger partial charge in [0.1, 0.15) is 5.82 Å². The van der Waals surface area contributed by atoms with Crippen molar-refractivity contribution in [2.75, 3.05) is 18.5 Å². The first kappa shape index (κ1) is 13.8. The summed E-state index contributed by atoms with van der Waals surface area (Å²) in [5.41, 5.74) is 0. The quantitative estimate of drug-likeness (QED) is 0.765. The number of aliphatic hydroxyl groups excluding tert-OH is 1. The summed E-state index contributed by atoms with van der Waals surface area (Å²) in [5.74, 6) is 1.89. The lowest BCUT2D eigenvalue weighted by Gasteiger charge is -2.19. The van der Waals surface area contributed by atoms with E-state index in [1.807, 2.05) is 25.1 Å². The average molecular weight is 238 g/mol. The zero-order valence-corrected chi connectivity index (χ0v) is 10.8. The van der Waals surface area contributed by atoms with Crippen LogP contribution in [0.2, 0.25) is 0 Å². The lowest BCUT2D eigenvalue weighted by molar-refractivity contribution is 0.259. The number of anilines is 1. The summed E-state index contributed by atoms with van der Waals surface area (Å²) in [5, 5.41) is 12.5. The van der Waals surface area contributed by atoms with Gasteiger partial charge in [0, 0.05) is 6.07 Å². The summed E-state index contributed by atoms with van der Waals surface area (Å²) in [4.78, 5) is 4.31. The summed E-state index contributed by atoms with van der Waals surface area (Å²) in [6.45, 7) is 6.91. The Morgan fingerprint density at radius 1 is 1.41 bits per heavy atom. The van der Waals surface area contributed by atoms with Gasteiger partial charge in [0.2, 0.25) is 5.88 Å². The van der Waals surface area contributed by atoms with Crippen molar-refractivity contribution in [3.8, 4) is 5.88 Å². The molecule has 0 bridgehead atoms. The van der Waals surface area contributed by atoms with Gasteiger partial charge in [0.05, 0.1) is 19.3 Å². The van der Waals surface area contributed by atoms with E-state index in [0.717, 1.165) is 12.2 Å². The standard InChI is InChI=1S/C13H22N2O2/c1-4-17-13-7-5-6-12(15-13)14-11(9-16)8-10(2)3/h5-7,10-11,16H,4,8-9H2,1-3H3,(H,14,15). The molecule has 17 heavy (non-hydrogen) atoms. The van der Waals surface area contributed by atoms with Crippen LogP contribution >= 0.6 is 0 Å². The molecule has 2 N–H and O–H groups in total. The van der Waals surface area contributed by atoms with E-state index < -0.39 is 0 Å². The van der Waals surface area contributed by atoms with Gasteiger partial charge in [-0.2, -0.15) is 4.98 Å². The fourth-order valence-corrected chi connectivity index (χ4v) is 1.68. The first-order valence-electron chi connectivity index (χ1n) is 6.13. The molecule has 0 saturated carbocycles. The molecule has 0 amide bonds. The fraction of sp³-hybridized carbons (Fsp3) is 0.615. The van der Waals surface area contributed by atoms with E-state index in [1.165, 1.54) is 0 Å². The highest BCUT2D eigenvalue weighted by molar-refractivity contribution is 5.38. The van der Waals surface area contributed by atoms with Gasteiger partial charge in [-0.3, -0.25) is 0 Å². The molecule has 4 heteroatoms. The van der Waals surface area contributed by atoms with E-state index in [1.54, 1.807) is 0 Å². The Balaban J connectivity index is 2.62. The second-order valence-electron chi connectivity index (χ2n) is 4.45. The van der Waals surface area contributed by atoms with Crippen LogP contribution in [0.4, 0.5) is 5.82 Å². The monoisotopic (exact) mass is 238 g/mol. The number of aliphatic hydroxyl groups is 1. The SMILES string of the molecule is CCOc1cccc(NC(CO)CC(C)C)n1. The largest absolute Gasteiger partial charge is 0.478 e. The van der Waals surface area contributed by atoms with Crippen LogP contribution in [0, 0.1) is 5.92 Å². The Morgan fingerprint density at radius 2 is 2.18 bits per heavy atom. The summed E-state index contributed by atoms with van der Waals surface area (Å²) in [6.07, 6.45) is 0.914. The maximum absolute atomic E-state index is 9.29. The van der Waals surface area contributed by atoms with Gasteiger partial charge in [-0.25, -0.2) is 0 Å². The van der Waals surface area contributed by atoms with Crippen molar-refractivity contribution < 1.29 is 9.84 Å². The molecule has 1 aromatic heterocycles. The van der Waals surface area contributed by atoms with Crippen molar-refractivity contribution in [3.63, 3.8) is 0 Å². The molecule has 0 aliphatic rings. The minimum Gasteiger partial charge on any atom is -0.478 e. The molecule has 0 saturated heterocycles. The number of hydrogen-bond acceptors (Lipinski definition) is 4. The molecular formula is C13H22N2O2. The Bertz CT molecular complexity index is 329. The Hall–Kier alpha value is -1.29. The number of nitrogens with zero attached hydrogens (tertiary/aromatic N) is 1. The number of hydrogen-bond donors (Lipinski definition) is 2. The van der Waals surface area contributed by atoms with E-state index >= 15 is 0 Å². The van der Waals surface area contributed by atoms with E-state index in [2.05, 4.69) is 24.1 Å². The van der Waals surface area contributed by atoms with Gasteiger partial charge in [-0.1, -0.05) is 19.9 Å². The van der Waals surface area contributed by atoms with Gasteiger partial charge in [-0.05, 0) is 25.3 Å². The number of pyridine rings is 1. The van der Waals surface area contributed by atoms with Crippen molar-refractivity contribution in [2.24, 2.45) is 5.92 Å².